The molecule has 0 aliphatic heterocycles. The minimum Gasteiger partial charge on any atom is -0.387 e. The number of carbonyl (C=O) groups excluding carboxylic acids is 1. The van der Waals surface area contributed by atoms with Crippen molar-refractivity contribution in [3.05, 3.63) is 72.9 Å². The van der Waals surface area contributed by atoms with E-state index >= 15 is 0 Å². The molecule has 0 aromatic heterocycles. The number of aliphatic hydroxyl groups is 1. The van der Waals surface area contributed by atoms with Crippen molar-refractivity contribution in [1.29, 1.82) is 0 Å². The largest absolute Gasteiger partial charge is 0.472 e. The first-order valence-electron chi connectivity index (χ1n) is 25.8. The number of phosphoric ester groups is 1. The number of phosphoric acid groups is 1. The Bertz CT molecular complexity index is 1250. The van der Waals surface area contributed by atoms with Gasteiger partial charge in [-0.1, -0.05) is 209 Å². The normalized spacial score (nSPS) is 14.7. The van der Waals surface area contributed by atoms with Crippen LogP contribution in [0.4, 0.5) is 0 Å². The predicted octanol–water partition coefficient (Wildman–Crippen LogP) is 15.1. The highest BCUT2D eigenvalue weighted by atomic mass is 31.2. The maximum atomic E-state index is 12.9. The number of hydrogen-bond donors (Lipinski definition) is 3. The molecule has 0 spiro atoms. The van der Waals surface area contributed by atoms with Crippen molar-refractivity contribution in [1.82, 2.24) is 5.32 Å². The molecule has 0 fully saturated rings. The summed E-state index contributed by atoms with van der Waals surface area (Å²) in [6.07, 6.45) is 61.3. The fourth-order valence-corrected chi connectivity index (χ4v) is 7.84. The Morgan fingerprint density at radius 3 is 1.46 bits per heavy atom. The van der Waals surface area contributed by atoms with Crippen molar-refractivity contribution in [2.45, 2.75) is 225 Å². The maximum absolute atomic E-state index is 12.9. The third kappa shape index (κ3) is 47.7. The summed E-state index contributed by atoms with van der Waals surface area (Å²) in [6, 6.07) is -0.869. The third-order valence-corrected chi connectivity index (χ3v) is 12.1. The topological polar surface area (TPSA) is 105 Å². The molecular formula is C54H100N2O6P+. The Hall–Kier alpha value is -2.06. The summed E-state index contributed by atoms with van der Waals surface area (Å²) in [7, 11) is 1.54. The molecule has 0 saturated carbocycles. The van der Waals surface area contributed by atoms with Crippen molar-refractivity contribution in [3.63, 3.8) is 0 Å². The lowest BCUT2D eigenvalue weighted by Gasteiger charge is -2.25. The molecule has 8 nitrogen and oxygen atoms in total. The van der Waals surface area contributed by atoms with Gasteiger partial charge in [0.1, 0.15) is 13.2 Å². The van der Waals surface area contributed by atoms with Crippen LogP contribution in [-0.4, -0.2) is 73.4 Å². The van der Waals surface area contributed by atoms with E-state index < -0.39 is 20.0 Å². The summed E-state index contributed by atoms with van der Waals surface area (Å²) >= 11 is 0. The molecule has 1 amide bonds. The molecule has 3 N–H and O–H groups in total. The standard InChI is InChI=1S/C54H99N2O6P/c1-6-8-10-12-14-16-18-20-22-24-26-27-28-29-30-32-34-36-38-40-42-44-46-48-54(58)55-52(51-62-63(59,60)61-50-49-56(3,4)5)53(57)47-45-43-41-39-37-35-33-31-25-23-21-19-17-15-13-11-9-7-2/h8,10,14,16,20,22,26-27,37,39,45,47,52-53,57H,6-7,9,11-13,15,17-19,21,23-25,28-36,38,40-44,46,48-51H2,1-5H3,(H-,55,58,59,60)/p+1/b10-8-,16-14-,22-20-,27-26-,39-37+,47-45+. The number of hydrogen-bond acceptors (Lipinski definition) is 5. The van der Waals surface area contributed by atoms with Gasteiger partial charge in [-0.05, 0) is 70.6 Å². The SMILES string of the molecule is CC/C=C\C/C=C\C/C=C\C/C=C\CCCCCCCCCCCCC(=O)NC(COP(=O)(O)OCC[N+](C)(C)C)C(O)/C=C/CC/C=C/CCCCCCCCCCCCCC. The van der Waals surface area contributed by atoms with Crippen LogP contribution in [0.2, 0.25) is 0 Å². The maximum Gasteiger partial charge on any atom is 0.472 e. The summed E-state index contributed by atoms with van der Waals surface area (Å²) in [4.78, 5) is 23.2. The third-order valence-electron chi connectivity index (χ3n) is 11.2. The van der Waals surface area contributed by atoms with E-state index in [9.17, 15) is 19.4 Å². The molecule has 0 bridgehead atoms. The molecule has 0 saturated heterocycles. The van der Waals surface area contributed by atoms with Crippen LogP contribution in [0.3, 0.4) is 0 Å². The van der Waals surface area contributed by atoms with Crippen molar-refractivity contribution >= 4 is 13.7 Å². The molecule has 366 valence electrons. The first-order valence-corrected chi connectivity index (χ1v) is 27.3. The zero-order valence-electron chi connectivity index (χ0n) is 41.5. The quantitative estimate of drug-likeness (QED) is 0.0243. The molecule has 0 rings (SSSR count). The Kier molecular flexibility index (Phi) is 43.6. The number of likely N-dealkylation sites (N-methyl/N-ethyl adjacent to an activating group) is 1. The van der Waals surface area contributed by atoms with Crippen LogP contribution in [0, 0.1) is 0 Å². The van der Waals surface area contributed by atoms with Crippen molar-refractivity contribution in [2.24, 2.45) is 0 Å². The molecule has 0 heterocycles. The van der Waals surface area contributed by atoms with Crippen LogP contribution in [0.15, 0.2) is 72.9 Å². The number of amides is 1. The lowest BCUT2D eigenvalue weighted by Crippen LogP contribution is -2.45. The summed E-state index contributed by atoms with van der Waals surface area (Å²) in [6.45, 7) is 4.68. The van der Waals surface area contributed by atoms with E-state index in [1.807, 2.05) is 27.2 Å². The van der Waals surface area contributed by atoms with Gasteiger partial charge in [-0.2, -0.15) is 0 Å². The smallest absolute Gasteiger partial charge is 0.387 e. The Morgan fingerprint density at radius 2 is 0.968 bits per heavy atom. The van der Waals surface area contributed by atoms with E-state index in [1.165, 1.54) is 128 Å². The molecule has 63 heavy (non-hydrogen) atoms. The monoisotopic (exact) mass is 904 g/mol. The zero-order chi connectivity index (χ0) is 46.4. The van der Waals surface area contributed by atoms with Crippen LogP contribution in [-0.2, 0) is 18.4 Å². The minimum atomic E-state index is -4.36. The van der Waals surface area contributed by atoms with E-state index in [4.69, 9.17) is 9.05 Å². The van der Waals surface area contributed by atoms with Crippen molar-refractivity contribution in [3.8, 4) is 0 Å². The first kappa shape index (κ1) is 60.9. The average Bonchev–Trinajstić information content (AvgIpc) is 3.24. The van der Waals surface area contributed by atoms with Gasteiger partial charge in [0.15, 0.2) is 0 Å². The highest BCUT2D eigenvalue weighted by molar-refractivity contribution is 7.47. The Labute approximate surface area is 389 Å². The van der Waals surface area contributed by atoms with Crippen LogP contribution in [0.1, 0.15) is 213 Å². The number of nitrogens with zero attached hydrogens (tertiary/aromatic N) is 1. The highest BCUT2D eigenvalue weighted by Gasteiger charge is 2.27. The number of rotatable bonds is 46. The number of allylic oxidation sites excluding steroid dienone is 11. The second kappa shape index (κ2) is 45.1. The molecule has 0 aliphatic rings. The molecule has 3 atom stereocenters. The van der Waals surface area contributed by atoms with Gasteiger partial charge in [-0.3, -0.25) is 13.8 Å². The number of unbranched alkanes of at least 4 members (excludes halogenated alkanes) is 23. The number of nitrogens with one attached hydrogen (secondary N) is 1. The van der Waals surface area contributed by atoms with Gasteiger partial charge in [-0.15, -0.1) is 0 Å². The van der Waals surface area contributed by atoms with Gasteiger partial charge in [0.05, 0.1) is 39.9 Å². The Balaban J connectivity index is 4.35. The minimum absolute atomic E-state index is 0.0524. The van der Waals surface area contributed by atoms with Gasteiger partial charge in [0.25, 0.3) is 0 Å². The second-order valence-electron chi connectivity index (χ2n) is 18.5. The van der Waals surface area contributed by atoms with Crippen molar-refractivity contribution < 1.29 is 32.9 Å². The fraction of sp³-hybridized carbons (Fsp3) is 0.759. The fourth-order valence-electron chi connectivity index (χ4n) is 7.11. The first-order chi connectivity index (χ1) is 30.5. The van der Waals surface area contributed by atoms with Gasteiger partial charge in [0.2, 0.25) is 5.91 Å². The molecule has 0 aromatic rings. The predicted molar refractivity (Wildman–Crippen MR) is 272 cm³/mol. The van der Waals surface area contributed by atoms with Crippen LogP contribution in [0.25, 0.3) is 0 Å². The van der Waals surface area contributed by atoms with E-state index in [1.54, 1.807) is 6.08 Å². The van der Waals surface area contributed by atoms with Crippen LogP contribution in [0.5, 0.6) is 0 Å². The van der Waals surface area contributed by atoms with Gasteiger partial charge in [0, 0.05) is 6.42 Å². The number of aliphatic hydroxyl groups excluding tert-OH is 1. The molecule has 0 radical (unpaired) electrons. The molecular weight excluding hydrogens is 804 g/mol. The Morgan fingerprint density at radius 1 is 0.556 bits per heavy atom. The number of carbonyl (C=O) groups is 1. The second-order valence-corrected chi connectivity index (χ2v) is 20.0. The van der Waals surface area contributed by atoms with E-state index in [0.717, 1.165) is 64.2 Å². The highest BCUT2D eigenvalue weighted by Crippen LogP contribution is 2.43. The molecule has 0 aromatic carbocycles. The zero-order valence-corrected chi connectivity index (χ0v) is 42.4. The molecule has 0 aliphatic carbocycles. The van der Waals surface area contributed by atoms with Gasteiger partial charge < -0.3 is 19.8 Å². The summed E-state index contributed by atoms with van der Waals surface area (Å²) < 4.78 is 23.6. The van der Waals surface area contributed by atoms with Crippen LogP contribution >= 0.6 is 7.82 Å². The summed E-state index contributed by atoms with van der Waals surface area (Å²) in [5.74, 6) is -0.194. The van der Waals surface area contributed by atoms with Gasteiger partial charge in [-0.25, -0.2) is 4.57 Å². The van der Waals surface area contributed by atoms with Crippen LogP contribution < -0.4 is 5.32 Å². The lowest BCUT2D eigenvalue weighted by molar-refractivity contribution is -0.870. The molecule has 9 heteroatoms. The van der Waals surface area contributed by atoms with E-state index in [2.05, 4.69) is 79.9 Å². The van der Waals surface area contributed by atoms with Crippen molar-refractivity contribution in [2.75, 3.05) is 40.9 Å². The summed E-state index contributed by atoms with van der Waals surface area (Å²) in [5.41, 5.74) is 0. The number of quaternary nitrogens is 1. The van der Waals surface area contributed by atoms with E-state index in [-0.39, 0.29) is 19.1 Å². The van der Waals surface area contributed by atoms with Gasteiger partial charge >= 0.3 is 7.82 Å². The molecule has 3 unspecified atom stereocenters. The van der Waals surface area contributed by atoms with E-state index in [0.29, 0.717) is 17.4 Å². The average molecular weight is 904 g/mol. The lowest BCUT2D eigenvalue weighted by atomic mass is 10.0. The summed E-state index contributed by atoms with van der Waals surface area (Å²) in [5, 5.41) is 13.9.